The van der Waals surface area contributed by atoms with Crippen LogP contribution in [0, 0.1) is 5.92 Å². The fraction of sp³-hybridized carbons (Fsp3) is 0.444. The summed E-state index contributed by atoms with van der Waals surface area (Å²) in [5.74, 6) is 0.357. The SMILES string of the molecule is CC(C)C(=O)N1CCC(Nc2ncc(-c3ccccc3)s2)CC1. The second-order valence-electron chi connectivity index (χ2n) is 6.29. The van der Waals surface area contributed by atoms with Crippen molar-refractivity contribution in [2.45, 2.75) is 32.7 Å². The molecule has 1 amide bonds. The topological polar surface area (TPSA) is 45.2 Å². The normalized spacial score (nSPS) is 15.9. The molecule has 2 aromatic rings. The van der Waals surface area contributed by atoms with Gasteiger partial charge in [0.25, 0.3) is 0 Å². The van der Waals surface area contributed by atoms with Gasteiger partial charge in [-0.05, 0) is 18.4 Å². The van der Waals surface area contributed by atoms with E-state index >= 15 is 0 Å². The molecule has 23 heavy (non-hydrogen) atoms. The third kappa shape index (κ3) is 3.91. The second-order valence-corrected chi connectivity index (χ2v) is 7.32. The molecule has 1 saturated heterocycles. The molecule has 2 heterocycles. The number of nitrogens with one attached hydrogen (secondary N) is 1. The fourth-order valence-corrected chi connectivity index (χ4v) is 3.76. The van der Waals surface area contributed by atoms with Crippen LogP contribution in [-0.4, -0.2) is 34.9 Å². The number of carbonyl (C=O) groups excluding carboxylic acids is 1. The Kier molecular flexibility index (Phi) is 4.96. The van der Waals surface area contributed by atoms with Crippen LogP contribution in [0.1, 0.15) is 26.7 Å². The maximum atomic E-state index is 12.0. The molecule has 0 atom stereocenters. The van der Waals surface area contributed by atoms with Gasteiger partial charge in [-0.25, -0.2) is 4.98 Å². The Morgan fingerprint density at radius 2 is 1.96 bits per heavy atom. The lowest BCUT2D eigenvalue weighted by Crippen LogP contribution is -2.43. The highest BCUT2D eigenvalue weighted by Gasteiger charge is 2.24. The van der Waals surface area contributed by atoms with Gasteiger partial charge in [0.05, 0.1) is 4.88 Å². The number of aromatic nitrogens is 1. The Balaban J connectivity index is 1.55. The van der Waals surface area contributed by atoms with E-state index in [1.807, 2.05) is 43.1 Å². The highest BCUT2D eigenvalue weighted by atomic mass is 32.1. The van der Waals surface area contributed by atoms with Gasteiger partial charge >= 0.3 is 0 Å². The number of anilines is 1. The molecule has 5 heteroatoms. The molecule has 1 N–H and O–H groups in total. The zero-order valence-electron chi connectivity index (χ0n) is 13.7. The number of hydrogen-bond donors (Lipinski definition) is 1. The third-order valence-corrected chi connectivity index (χ3v) is 5.17. The molecule has 0 spiro atoms. The van der Waals surface area contributed by atoms with Crippen LogP contribution in [0.25, 0.3) is 10.4 Å². The molecule has 122 valence electrons. The van der Waals surface area contributed by atoms with Gasteiger partial charge in [-0.2, -0.15) is 0 Å². The van der Waals surface area contributed by atoms with Crippen molar-refractivity contribution in [3.63, 3.8) is 0 Å². The van der Waals surface area contributed by atoms with Crippen LogP contribution in [0.2, 0.25) is 0 Å². The van der Waals surface area contributed by atoms with Crippen LogP contribution in [0.15, 0.2) is 36.5 Å². The number of nitrogens with zero attached hydrogens (tertiary/aromatic N) is 2. The van der Waals surface area contributed by atoms with Crippen LogP contribution < -0.4 is 5.32 Å². The smallest absolute Gasteiger partial charge is 0.225 e. The van der Waals surface area contributed by atoms with E-state index in [2.05, 4.69) is 22.4 Å². The van der Waals surface area contributed by atoms with Gasteiger partial charge < -0.3 is 10.2 Å². The Morgan fingerprint density at radius 3 is 2.61 bits per heavy atom. The van der Waals surface area contributed by atoms with E-state index in [0.29, 0.717) is 6.04 Å². The van der Waals surface area contributed by atoms with Crippen molar-refractivity contribution in [2.24, 2.45) is 5.92 Å². The van der Waals surface area contributed by atoms with E-state index in [1.165, 1.54) is 10.4 Å². The quantitative estimate of drug-likeness (QED) is 0.926. The van der Waals surface area contributed by atoms with Crippen LogP contribution >= 0.6 is 11.3 Å². The van der Waals surface area contributed by atoms with Gasteiger partial charge in [-0.3, -0.25) is 4.79 Å². The first-order chi connectivity index (χ1) is 11.1. The Bertz CT molecular complexity index is 645. The van der Waals surface area contributed by atoms with E-state index in [0.717, 1.165) is 31.1 Å². The maximum absolute atomic E-state index is 12.0. The summed E-state index contributed by atoms with van der Waals surface area (Å²) >= 11 is 1.69. The van der Waals surface area contributed by atoms with Crippen molar-refractivity contribution < 1.29 is 4.79 Å². The minimum absolute atomic E-state index is 0.0897. The zero-order valence-corrected chi connectivity index (χ0v) is 14.5. The summed E-state index contributed by atoms with van der Waals surface area (Å²) < 4.78 is 0. The molecular formula is C18H23N3OS. The number of benzene rings is 1. The van der Waals surface area contributed by atoms with Crippen LogP contribution in [-0.2, 0) is 4.79 Å². The van der Waals surface area contributed by atoms with Gasteiger partial charge in [0.1, 0.15) is 0 Å². The number of piperidine rings is 1. The molecule has 1 aliphatic rings. The van der Waals surface area contributed by atoms with Crippen molar-refractivity contribution in [3.8, 4) is 10.4 Å². The van der Waals surface area contributed by atoms with Gasteiger partial charge in [0, 0.05) is 31.2 Å². The molecule has 1 aromatic heterocycles. The maximum Gasteiger partial charge on any atom is 0.225 e. The van der Waals surface area contributed by atoms with E-state index < -0.39 is 0 Å². The highest BCUT2D eigenvalue weighted by molar-refractivity contribution is 7.18. The van der Waals surface area contributed by atoms with E-state index in [4.69, 9.17) is 0 Å². The molecule has 4 nitrogen and oxygen atoms in total. The van der Waals surface area contributed by atoms with E-state index in [-0.39, 0.29) is 11.8 Å². The first-order valence-electron chi connectivity index (χ1n) is 8.20. The molecule has 0 bridgehead atoms. The third-order valence-electron chi connectivity index (χ3n) is 4.19. The van der Waals surface area contributed by atoms with E-state index in [9.17, 15) is 4.79 Å². The lowest BCUT2D eigenvalue weighted by Gasteiger charge is -2.33. The summed E-state index contributed by atoms with van der Waals surface area (Å²) in [6, 6.07) is 10.7. The van der Waals surface area contributed by atoms with Gasteiger partial charge in [0.15, 0.2) is 5.13 Å². The summed E-state index contributed by atoms with van der Waals surface area (Å²) in [6.45, 7) is 5.61. The number of hydrogen-bond acceptors (Lipinski definition) is 4. The van der Waals surface area contributed by atoms with Crippen molar-refractivity contribution >= 4 is 22.4 Å². The average molecular weight is 329 g/mol. The van der Waals surface area contributed by atoms with Crippen molar-refractivity contribution in [1.29, 1.82) is 0 Å². The lowest BCUT2D eigenvalue weighted by molar-refractivity contribution is -0.135. The Hall–Kier alpha value is -1.88. The largest absolute Gasteiger partial charge is 0.359 e. The van der Waals surface area contributed by atoms with Gasteiger partial charge in [-0.15, -0.1) is 0 Å². The Labute approximate surface area is 141 Å². The molecular weight excluding hydrogens is 306 g/mol. The van der Waals surface area contributed by atoms with Crippen molar-refractivity contribution in [3.05, 3.63) is 36.5 Å². The standard InChI is InChI=1S/C18H23N3OS/c1-13(2)17(22)21-10-8-15(9-11-21)20-18-19-12-16(23-18)14-6-4-3-5-7-14/h3-7,12-13,15H,8-11H2,1-2H3,(H,19,20). The molecule has 1 aromatic carbocycles. The molecule has 1 fully saturated rings. The number of carbonyl (C=O) groups is 1. The minimum atomic E-state index is 0.0897. The minimum Gasteiger partial charge on any atom is -0.359 e. The van der Waals surface area contributed by atoms with E-state index in [1.54, 1.807) is 11.3 Å². The van der Waals surface area contributed by atoms with Gasteiger partial charge in [-0.1, -0.05) is 55.5 Å². The lowest BCUT2D eigenvalue weighted by atomic mass is 10.0. The number of likely N-dealkylation sites (tertiary alicyclic amines) is 1. The molecule has 0 unspecified atom stereocenters. The summed E-state index contributed by atoms with van der Waals surface area (Å²) in [5, 5.41) is 4.50. The fourth-order valence-electron chi connectivity index (χ4n) is 2.86. The summed E-state index contributed by atoms with van der Waals surface area (Å²) in [7, 11) is 0. The number of thiazole rings is 1. The van der Waals surface area contributed by atoms with Crippen LogP contribution in [0.4, 0.5) is 5.13 Å². The molecule has 0 saturated carbocycles. The number of rotatable bonds is 4. The molecule has 1 aliphatic heterocycles. The number of amides is 1. The van der Waals surface area contributed by atoms with Crippen molar-refractivity contribution in [1.82, 2.24) is 9.88 Å². The highest BCUT2D eigenvalue weighted by Crippen LogP contribution is 2.29. The molecule has 3 rings (SSSR count). The molecule has 0 radical (unpaired) electrons. The van der Waals surface area contributed by atoms with Crippen LogP contribution in [0.5, 0.6) is 0 Å². The van der Waals surface area contributed by atoms with Crippen LogP contribution in [0.3, 0.4) is 0 Å². The Morgan fingerprint density at radius 1 is 1.26 bits per heavy atom. The monoisotopic (exact) mass is 329 g/mol. The predicted octanol–water partition coefficient (Wildman–Crippen LogP) is 3.87. The average Bonchev–Trinajstić information content (AvgIpc) is 3.04. The first-order valence-corrected chi connectivity index (χ1v) is 9.01. The second kappa shape index (κ2) is 7.13. The molecule has 0 aliphatic carbocycles. The first kappa shape index (κ1) is 16.0. The van der Waals surface area contributed by atoms with Gasteiger partial charge in [0.2, 0.25) is 5.91 Å². The predicted molar refractivity (Wildman–Crippen MR) is 95.6 cm³/mol. The zero-order chi connectivity index (χ0) is 16.2. The summed E-state index contributed by atoms with van der Waals surface area (Å²) in [5.41, 5.74) is 1.20. The van der Waals surface area contributed by atoms with Crippen molar-refractivity contribution in [2.75, 3.05) is 18.4 Å². The summed E-state index contributed by atoms with van der Waals surface area (Å²) in [6.07, 6.45) is 3.90. The summed E-state index contributed by atoms with van der Waals surface area (Å²) in [4.78, 5) is 19.7.